The molecule has 1 aliphatic carbocycles. The Morgan fingerprint density at radius 2 is 1.74 bits per heavy atom. The Morgan fingerprint density at radius 1 is 1.13 bits per heavy atom. The van der Waals surface area contributed by atoms with Crippen molar-refractivity contribution < 1.29 is 27.3 Å². The Balaban J connectivity index is 1.43. The van der Waals surface area contributed by atoms with Crippen LogP contribution in [-0.2, 0) is 19.6 Å². The molecule has 2 saturated heterocycles. The molecule has 1 aromatic heterocycles. The molecule has 4 rings (SSSR count). The molecule has 2 aliphatic heterocycles. The molecule has 12 heteroatoms. The lowest BCUT2D eigenvalue weighted by molar-refractivity contribution is -0.143. The number of sulfonamides is 1. The molecule has 11 nitrogen and oxygen atoms in total. The molecule has 4 amide bonds. The van der Waals surface area contributed by atoms with E-state index in [9.17, 15) is 22.8 Å². The van der Waals surface area contributed by atoms with Gasteiger partial charge < -0.3 is 14.7 Å². The van der Waals surface area contributed by atoms with Crippen molar-refractivity contribution in [2.24, 2.45) is 0 Å². The summed E-state index contributed by atoms with van der Waals surface area (Å²) in [5.41, 5.74) is -0.573. The maximum absolute atomic E-state index is 13.0. The van der Waals surface area contributed by atoms with Crippen LogP contribution in [0.1, 0.15) is 44.1 Å². The number of carbonyl (C=O) groups excluding carboxylic acids is 3. The first-order valence-electron chi connectivity index (χ1n) is 10.5. The second-order valence-corrected chi connectivity index (χ2v) is 10.3. The minimum absolute atomic E-state index is 0.0573. The average molecular weight is 454 g/mol. The van der Waals surface area contributed by atoms with Crippen molar-refractivity contribution in [3.63, 3.8) is 0 Å². The summed E-state index contributed by atoms with van der Waals surface area (Å²) < 4.78 is 32.2. The SMILES string of the molecule is Cc1noc(C)c1S(=O)(=O)N1CCN(C(=O)C(C)N2C(=O)NC3(CCCC3)C2=O)CC1. The third-order valence-electron chi connectivity index (χ3n) is 6.51. The van der Waals surface area contributed by atoms with Gasteiger partial charge in [-0.1, -0.05) is 18.0 Å². The largest absolute Gasteiger partial charge is 0.360 e. The van der Waals surface area contributed by atoms with Gasteiger partial charge in [-0.25, -0.2) is 18.1 Å². The number of carbonyl (C=O) groups is 3. The van der Waals surface area contributed by atoms with Crippen molar-refractivity contribution in [2.75, 3.05) is 26.2 Å². The molecule has 3 fully saturated rings. The van der Waals surface area contributed by atoms with E-state index in [4.69, 9.17) is 4.52 Å². The smallest absolute Gasteiger partial charge is 0.325 e. The molecule has 170 valence electrons. The van der Waals surface area contributed by atoms with Gasteiger partial charge >= 0.3 is 6.03 Å². The van der Waals surface area contributed by atoms with Crippen molar-refractivity contribution in [1.29, 1.82) is 0 Å². The van der Waals surface area contributed by atoms with E-state index in [2.05, 4.69) is 10.5 Å². The number of imide groups is 1. The summed E-state index contributed by atoms with van der Waals surface area (Å²) >= 11 is 0. The van der Waals surface area contributed by atoms with Crippen LogP contribution in [0.4, 0.5) is 4.79 Å². The number of amides is 4. The van der Waals surface area contributed by atoms with Gasteiger partial charge in [0.2, 0.25) is 15.9 Å². The quantitative estimate of drug-likeness (QED) is 0.652. The fourth-order valence-electron chi connectivity index (χ4n) is 4.81. The summed E-state index contributed by atoms with van der Waals surface area (Å²) in [5, 5.41) is 6.50. The number of rotatable bonds is 4. The number of hydrogen-bond donors (Lipinski definition) is 1. The van der Waals surface area contributed by atoms with Crippen LogP contribution in [0, 0.1) is 13.8 Å². The van der Waals surface area contributed by atoms with E-state index in [-0.39, 0.29) is 48.6 Å². The van der Waals surface area contributed by atoms with Crippen molar-refractivity contribution >= 4 is 27.9 Å². The molecular formula is C19H27N5O6S. The molecular weight excluding hydrogens is 426 g/mol. The number of hydrogen-bond acceptors (Lipinski definition) is 7. The predicted octanol–water partition coefficient (Wildman–Crippen LogP) is 0.377. The zero-order chi connectivity index (χ0) is 22.6. The van der Waals surface area contributed by atoms with E-state index in [1.807, 2.05) is 0 Å². The minimum Gasteiger partial charge on any atom is -0.360 e. The van der Waals surface area contributed by atoms with Gasteiger partial charge in [-0.15, -0.1) is 0 Å². The Kier molecular flexibility index (Phi) is 5.32. The van der Waals surface area contributed by atoms with E-state index in [1.54, 1.807) is 20.8 Å². The van der Waals surface area contributed by atoms with Gasteiger partial charge in [-0.3, -0.25) is 9.59 Å². The van der Waals surface area contributed by atoms with Crippen LogP contribution in [0.2, 0.25) is 0 Å². The lowest BCUT2D eigenvalue weighted by atomic mass is 9.97. The van der Waals surface area contributed by atoms with Crippen LogP contribution in [0.5, 0.6) is 0 Å². The van der Waals surface area contributed by atoms with Gasteiger partial charge in [0.1, 0.15) is 22.2 Å². The average Bonchev–Trinajstić information content (AvgIpc) is 3.40. The first-order valence-corrected chi connectivity index (χ1v) is 11.9. The van der Waals surface area contributed by atoms with Crippen molar-refractivity contribution in [2.45, 2.75) is 62.9 Å². The molecule has 0 radical (unpaired) electrons. The number of urea groups is 1. The van der Waals surface area contributed by atoms with Crippen LogP contribution in [-0.4, -0.2) is 83.3 Å². The zero-order valence-electron chi connectivity index (χ0n) is 17.9. The number of aryl methyl sites for hydroxylation is 2. The molecule has 1 aromatic rings. The Labute approximate surface area is 180 Å². The Morgan fingerprint density at radius 3 is 2.29 bits per heavy atom. The monoisotopic (exact) mass is 453 g/mol. The van der Waals surface area contributed by atoms with Gasteiger partial charge in [0.25, 0.3) is 5.91 Å². The van der Waals surface area contributed by atoms with Crippen LogP contribution >= 0.6 is 0 Å². The van der Waals surface area contributed by atoms with E-state index in [0.717, 1.165) is 17.7 Å². The first kappa shape index (κ1) is 21.8. The summed E-state index contributed by atoms with van der Waals surface area (Å²) in [6, 6.07) is -1.48. The van der Waals surface area contributed by atoms with Crippen LogP contribution in [0.15, 0.2) is 9.42 Å². The molecule has 3 heterocycles. The molecule has 3 aliphatic rings. The molecule has 1 unspecified atom stereocenters. The lowest BCUT2D eigenvalue weighted by Gasteiger charge is -2.36. The maximum atomic E-state index is 13.0. The van der Waals surface area contributed by atoms with Gasteiger partial charge in [-0.2, -0.15) is 4.31 Å². The van der Waals surface area contributed by atoms with Gasteiger partial charge in [0, 0.05) is 26.2 Å². The predicted molar refractivity (Wildman–Crippen MR) is 107 cm³/mol. The van der Waals surface area contributed by atoms with Crippen molar-refractivity contribution in [3.05, 3.63) is 11.5 Å². The molecule has 31 heavy (non-hydrogen) atoms. The molecule has 0 bridgehead atoms. The van der Waals surface area contributed by atoms with Gasteiger partial charge in [0.15, 0.2) is 5.76 Å². The topological polar surface area (TPSA) is 133 Å². The number of nitrogens with zero attached hydrogens (tertiary/aromatic N) is 4. The minimum atomic E-state index is -3.79. The summed E-state index contributed by atoms with van der Waals surface area (Å²) in [4.78, 5) is 41.0. The number of aromatic nitrogens is 1. The molecule has 1 spiro atoms. The fraction of sp³-hybridized carbons (Fsp3) is 0.684. The van der Waals surface area contributed by atoms with E-state index in [0.29, 0.717) is 18.5 Å². The normalized spacial score (nSPS) is 22.9. The highest BCUT2D eigenvalue weighted by atomic mass is 32.2. The van der Waals surface area contributed by atoms with Crippen LogP contribution in [0.25, 0.3) is 0 Å². The van der Waals surface area contributed by atoms with Crippen LogP contribution in [0.3, 0.4) is 0 Å². The third kappa shape index (κ3) is 3.41. The molecule has 1 N–H and O–H groups in total. The molecule has 0 aromatic carbocycles. The Hall–Kier alpha value is -2.47. The van der Waals surface area contributed by atoms with E-state index >= 15 is 0 Å². The zero-order valence-corrected chi connectivity index (χ0v) is 18.7. The van der Waals surface area contributed by atoms with Crippen LogP contribution < -0.4 is 5.32 Å². The summed E-state index contributed by atoms with van der Waals surface area (Å²) in [5.74, 6) is -0.479. The van der Waals surface area contributed by atoms with E-state index < -0.39 is 27.6 Å². The standard InChI is InChI=1S/C19H27N5O6S/c1-12-15(14(3)30-21-12)31(28,29)23-10-8-22(9-11-23)16(25)13(2)24-17(26)19(20-18(24)27)6-4-5-7-19/h13H,4-11H2,1-3H3,(H,20,27). The second kappa shape index (κ2) is 7.59. The highest BCUT2D eigenvalue weighted by Gasteiger charge is 2.55. The van der Waals surface area contributed by atoms with E-state index in [1.165, 1.54) is 9.21 Å². The molecule has 1 atom stereocenters. The number of piperazine rings is 1. The summed E-state index contributed by atoms with van der Waals surface area (Å²) in [6.07, 6.45) is 2.91. The number of nitrogens with one attached hydrogen (secondary N) is 1. The highest BCUT2D eigenvalue weighted by Crippen LogP contribution is 2.36. The molecule has 1 saturated carbocycles. The fourth-order valence-corrected chi connectivity index (χ4v) is 6.52. The summed E-state index contributed by atoms with van der Waals surface area (Å²) in [7, 11) is -3.79. The first-order chi connectivity index (χ1) is 14.6. The Bertz CT molecular complexity index is 1000. The summed E-state index contributed by atoms with van der Waals surface area (Å²) in [6.45, 7) is 5.20. The maximum Gasteiger partial charge on any atom is 0.325 e. The van der Waals surface area contributed by atoms with Crippen molar-refractivity contribution in [1.82, 2.24) is 24.6 Å². The highest BCUT2D eigenvalue weighted by molar-refractivity contribution is 7.89. The third-order valence-corrected chi connectivity index (χ3v) is 8.65. The van der Waals surface area contributed by atoms with Gasteiger partial charge in [-0.05, 0) is 33.6 Å². The van der Waals surface area contributed by atoms with Crippen molar-refractivity contribution in [3.8, 4) is 0 Å². The lowest BCUT2D eigenvalue weighted by Crippen LogP contribution is -2.56. The van der Waals surface area contributed by atoms with Gasteiger partial charge in [0.05, 0.1) is 0 Å². The second-order valence-electron chi connectivity index (χ2n) is 8.45.